The van der Waals surface area contributed by atoms with Crippen LogP contribution in [0.1, 0.15) is 35.3 Å². The molecule has 0 heterocycles. The summed E-state index contributed by atoms with van der Waals surface area (Å²) in [5, 5.41) is 14.3. The quantitative estimate of drug-likeness (QED) is 0.244. The molecule has 1 N–H and O–H groups in total. The van der Waals surface area contributed by atoms with Crippen LogP contribution >= 0.6 is 0 Å². The highest BCUT2D eigenvalue weighted by Crippen LogP contribution is 2.36. The van der Waals surface area contributed by atoms with Crippen molar-refractivity contribution >= 4 is 23.2 Å². The SMILES string of the molecule is CCOC(=O)C(C)=NNc1ccc(C(C#N)(C(=O)c2ccccc2)c2ccccc2)cc1. The van der Waals surface area contributed by atoms with Gasteiger partial charge in [-0.3, -0.25) is 10.2 Å². The summed E-state index contributed by atoms with van der Waals surface area (Å²) in [7, 11) is 0. The molecule has 0 saturated carbocycles. The molecule has 0 spiro atoms. The van der Waals surface area contributed by atoms with Crippen LogP contribution in [0.4, 0.5) is 5.69 Å². The predicted octanol–water partition coefficient (Wildman–Crippen LogP) is 4.73. The summed E-state index contributed by atoms with van der Waals surface area (Å²) in [4.78, 5) is 25.3. The number of hydrogen-bond donors (Lipinski definition) is 1. The Kier molecular flexibility index (Phi) is 7.14. The van der Waals surface area contributed by atoms with Gasteiger partial charge in [0, 0.05) is 5.56 Å². The zero-order valence-corrected chi connectivity index (χ0v) is 17.9. The molecule has 3 rings (SSSR count). The van der Waals surface area contributed by atoms with Crippen molar-refractivity contribution in [2.45, 2.75) is 19.3 Å². The molecule has 0 aliphatic carbocycles. The largest absolute Gasteiger partial charge is 0.461 e. The van der Waals surface area contributed by atoms with Gasteiger partial charge < -0.3 is 4.74 Å². The number of rotatable bonds is 8. The lowest BCUT2D eigenvalue weighted by atomic mass is 9.70. The summed E-state index contributed by atoms with van der Waals surface area (Å²) < 4.78 is 4.90. The molecule has 0 aromatic heterocycles. The number of esters is 1. The van der Waals surface area contributed by atoms with Crippen LogP contribution in [0.5, 0.6) is 0 Å². The van der Waals surface area contributed by atoms with E-state index < -0.39 is 11.4 Å². The van der Waals surface area contributed by atoms with Crippen molar-refractivity contribution in [1.29, 1.82) is 5.26 Å². The van der Waals surface area contributed by atoms with Crippen molar-refractivity contribution in [1.82, 2.24) is 0 Å². The van der Waals surface area contributed by atoms with Crippen molar-refractivity contribution in [3.63, 3.8) is 0 Å². The Morgan fingerprint density at radius 3 is 2.06 bits per heavy atom. The number of nitriles is 1. The molecule has 0 aliphatic heterocycles. The number of carbonyl (C=O) groups is 2. The van der Waals surface area contributed by atoms with Gasteiger partial charge in [-0.2, -0.15) is 10.4 Å². The maximum Gasteiger partial charge on any atom is 0.354 e. The summed E-state index contributed by atoms with van der Waals surface area (Å²) >= 11 is 0. The van der Waals surface area contributed by atoms with Crippen LogP contribution in [0.2, 0.25) is 0 Å². The van der Waals surface area contributed by atoms with Crippen LogP contribution in [0.15, 0.2) is 90.0 Å². The normalized spacial score (nSPS) is 12.8. The van der Waals surface area contributed by atoms with E-state index in [4.69, 9.17) is 4.74 Å². The summed E-state index contributed by atoms with van der Waals surface area (Å²) in [6.45, 7) is 3.54. The van der Waals surface area contributed by atoms with E-state index in [-0.39, 0.29) is 18.1 Å². The van der Waals surface area contributed by atoms with E-state index in [1.807, 2.05) is 24.3 Å². The fourth-order valence-corrected chi connectivity index (χ4v) is 3.33. The van der Waals surface area contributed by atoms with Gasteiger partial charge in [-0.1, -0.05) is 72.8 Å². The third-order valence-corrected chi connectivity index (χ3v) is 4.99. The first-order chi connectivity index (χ1) is 15.5. The van der Waals surface area contributed by atoms with Gasteiger partial charge in [0.25, 0.3) is 0 Å². The molecule has 160 valence electrons. The lowest BCUT2D eigenvalue weighted by molar-refractivity contribution is -0.135. The first kappa shape index (κ1) is 22.4. The number of carbonyl (C=O) groups excluding carboxylic acids is 2. The Balaban J connectivity index is 2.00. The topological polar surface area (TPSA) is 91.5 Å². The highest BCUT2D eigenvalue weighted by atomic mass is 16.5. The molecule has 3 aromatic rings. The van der Waals surface area contributed by atoms with Crippen LogP contribution in [-0.4, -0.2) is 24.1 Å². The third kappa shape index (κ3) is 4.57. The van der Waals surface area contributed by atoms with E-state index in [0.29, 0.717) is 22.4 Å². The molecule has 6 nitrogen and oxygen atoms in total. The van der Waals surface area contributed by atoms with E-state index in [2.05, 4.69) is 16.6 Å². The summed E-state index contributed by atoms with van der Waals surface area (Å²) in [5.41, 5.74) is 3.66. The van der Waals surface area contributed by atoms with Crippen LogP contribution in [0, 0.1) is 11.3 Å². The zero-order chi connectivity index (χ0) is 23.0. The summed E-state index contributed by atoms with van der Waals surface area (Å²) in [6.07, 6.45) is 0. The number of ether oxygens (including phenoxy) is 1. The number of ketones is 1. The first-order valence-corrected chi connectivity index (χ1v) is 10.2. The van der Waals surface area contributed by atoms with Gasteiger partial charge in [0.05, 0.1) is 18.4 Å². The third-order valence-electron chi connectivity index (χ3n) is 4.99. The van der Waals surface area contributed by atoms with E-state index in [9.17, 15) is 14.9 Å². The van der Waals surface area contributed by atoms with E-state index >= 15 is 0 Å². The van der Waals surface area contributed by atoms with Crippen molar-refractivity contribution in [3.8, 4) is 6.07 Å². The second-order valence-corrected chi connectivity index (χ2v) is 7.03. The Bertz CT molecular complexity index is 1150. The molecular formula is C26H23N3O3. The molecule has 0 saturated heterocycles. The Morgan fingerprint density at radius 2 is 1.50 bits per heavy atom. The van der Waals surface area contributed by atoms with Gasteiger partial charge in [0.15, 0.2) is 11.2 Å². The maximum atomic E-state index is 13.6. The minimum Gasteiger partial charge on any atom is -0.461 e. The first-order valence-electron chi connectivity index (χ1n) is 10.2. The number of anilines is 1. The molecule has 1 atom stereocenters. The average Bonchev–Trinajstić information content (AvgIpc) is 2.85. The van der Waals surface area contributed by atoms with Crippen LogP contribution in [0.25, 0.3) is 0 Å². The number of hydrogen-bond acceptors (Lipinski definition) is 6. The van der Waals surface area contributed by atoms with Crippen LogP contribution < -0.4 is 5.43 Å². The Hall–Kier alpha value is -4.24. The van der Waals surface area contributed by atoms with Gasteiger partial charge in [-0.25, -0.2) is 4.79 Å². The highest BCUT2D eigenvalue weighted by molar-refractivity contribution is 6.35. The Labute approximate surface area is 187 Å². The van der Waals surface area contributed by atoms with Gasteiger partial charge in [0.1, 0.15) is 5.71 Å². The van der Waals surface area contributed by atoms with Gasteiger partial charge >= 0.3 is 5.97 Å². The molecule has 0 fully saturated rings. The van der Waals surface area contributed by atoms with Crippen molar-refractivity contribution in [2.24, 2.45) is 5.10 Å². The smallest absolute Gasteiger partial charge is 0.354 e. The molecule has 0 amide bonds. The number of benzene rings is 3. The molecule has 6 heteroatoms. The van der Waals surface area contributed by atoms with E-state index in [1.54, 1.807) is 74.5 Å². The Morgan fingerprint density at radius 1 is 0.938 bits per heavy atom. The summed E-state index contributed by atoms with van der Waals surface area (Å²) in [6, 6.07) is 27.0. The molecule has 0 radical (unpaired) electrons. The van der Waals surface area contributed by atoms with Gasteiger partial charge in [0.2, 0.25) is 0 Å². The average molecular weight is 425 g/mol. The number of nitrogens with one attached hydrogen (secondary N) is 1. The lowest BCUT2D eigenvalue weighted by Crippen LogP contribution is -2.36. The molecule has 1 unspecified atom stereocenters. The fraction of sp³-hybridized carbons (Fsp3) is 0.154. The minimum absolute atomic E-state index is 0.186. The highest BCUT2D eigenvalue weighted by Gasteiger charge is 2.42. The minimum atomic E-state index is -1.51. The van der Waals surface area contributed by atoms with E-state index in [1.165, 1.54) is 0 Å². The molecule has 0 bridgehead atoms. The van der Waals surface area contributed by atoms with Crippen molar-refractivity contribution < 1.29 is 14.3 Å². The van der Waals surface area contributed by atoms with E-state index in [0.717, 1.165) is 0 Å². The predicted molar refractivity (Wildman–Crippen MR) is 123 cm³/mol. The van der Waals surface area contributed by atoms with Gasteiger partial charge in [-0.05, 0) is 37.1 Å². The zero-order valence-electron chi connectivity index (χ0n) is 17.9. The van der Waals surface area contributed by atoms with Crippen molar-refractivity contribution in [2.75, 3.05) is 12.0 Å². The second kappa shape index (κ2) is 10.2. The number of nitrogens with zero attached hydrogens (tertiary/aromatic N) is 2. The van der Waals surface area contributed by atoms with Crippen LogP contribution in [-0.2, 0) is 14.9 Å². The standard InChI is InChI=1S/C26H23N3O3/c1-3-32-25(31)19(2)28-29-23-16-14-22(15-17-23)26(18-27,21-12-8-5-9-13-21)24(30)20-10-6-4-7-11-20/h4-17,29H,3H2,1-2H3. The van der Waals surface area contributed by atoms with Crippen molar-refractivity contribution in [3.05, 3.63) is 102 Å². The molecular weight excluding hydrogens is 402 g/mol. The molecule has 0 aliphatic rings. The number of hydrazone groups is 1. The molecule has 3 aromatic carbocycles. The monoisotopic (exact) mass is 425 g/mol. The second-order valence-electron chi connectivity index (χ2n) is 7.03. The van der Waals surface area contributed by atoms with Crippen LogP contribution in [0.3, 0.4) is 0 Å². The maximum absolute atomic E-state index is 13.6. The lowest BCUT2D eigenvalue weighted by Gasteiger charge is -2.26. The van der Waals surface area contributed by atoms with Gasteiger partial charge in [-0.15, -0.1) is 0 Å². The summed E-state index contributed by atoms with van der Waals surface area (Å²) in [5.74, 6) is -0.804. The molecule has 32 heavy (non-hydrogen) atoms. The number of Topliss-reactive ketones (excluding diaryl/α,β-unsaturated/α-hetero) is 1. The fourth-order valence-electron chi connectivity index (χ4n) is 3.33.